The van der Waals surface area contributed by atoms with Crippen LogP contribution in [0, 0.1) is 0 Å². The van der Waals surface area contributed by atoms with Crippen molar-refractivity contribution in [3.05, 3.63) is 21.9 Å². The zero-order valence-corrected chi connectivity index (χ0v) is 15.9. The van der Waals surface area contributed by atoms with Gasteiger partial charge in [0.05, 0.1) is 6.42 Å². The molecule has 2 nitrogen and oxygen atoms in total. The van der Waals surface area contributed by atoms with E-state index < -0.39 is 5.97 Å². The van der Waals surface area contributed by atoms with Gasteiger partial charge in [-0.15, -0.1) is 11.3 Å². The van der Waals surface area contributed by atoms with Crippen LogP contribution < -0.4 is 0 Å². The molecule has 23 heavy (non-hydrogen) atoms. The second-order valence-electron chi connectivity index (χ2n) is 6.19. The minimum Gasteiger partial charge on any atom is -0.481 e. The molecule has 0 aromatic carbocycles. The molecule has 0 saturated carbocycles. The van der Waals surface area contributed by atoms with E-state index in [9.17, 15) is 4.79 Å². The summed E-state index contributed by atoms with van der Waals surface area (Å²) in [4.78, 5) is 13.5. The van der Waals surface area contributed by atoms with Crippen molar-refractivity contribution in [3.63, 3.8) is 0 Å². The SMILES string of the molecule is CCCCCCCCCCCCc1ccc(C(=S)CC(=O)O)s1. The van der Waals surface area contributed by atoms with Crippen LogP contribution >= 0.6 is 23.6 Å². The molecule has 0 amide bonds. The molecule has 130 valence electrons. The molecule has 0 atom stereocenters. The molecule has 1 heterocycles. The monoisotopic (exact) mass is 354 g/mol. The number of aliphatic carboxylic acids is 1. The third-order valence-corrected chi connectivity index (χ3v) is 5.72. The van der Waals surface area contributed by atoms with Gasteiger partial charge in [0.1, 0.15) is 0 Å². The van der Waals surface area contributed by atoms with Gasteiger partial charge in [-0.1, -0.05) is 76.9 Å². The number of carboxylic acids is 1. The third kappa shape index (κ3) is 9.87. The molecule has 1 aromatic rings. The van der Waals surface area contributed by atoms with Gasteiger partial charge in [0, 0.05) is 14.6 Å². The Morgan fingerprint density at radius 1 is 1.00 bits per heavy atom. The van der Waals surface area contributed by atoms with Gasteiger partial charge in [0.25, 0.3) is 0 Å². The number of carbonyl (C=O) groups is 1. The smallest absolute Gasteiger partial charge is 0.308 e. The van der Waals surface area contributed by atoms with Crippen LogP contribution in [0.2, 0.25) is 0 Å². The van der Waals surface area contributed by atoms with E-state index in [1.165, 1.54) is 69.1 Å². The molecule has 0 saturated heterocycles. The lowest BCUT2D eigenvalue weighted by molar-refractivity contribution is -0.135. The Hall–Kier alpha value is -0.740. The molecule has 0 aliphatic heterocycles. The average molecular weight is 355 g/mol. The Kier molecular flexibility index (Phi) is 11.2. The minimum absolute atomic E-state index is 0.0342. The molecular formula is C19H30O2S2. The van der Waals surface area contributed by atoms with Crippen LogP contribution in [0.1, 0.15) is 87.3 Å². The van der Waals surface area contributed by atoms with Gasteiger partial charge in [-0.05, 0) is 25.0 Å². The van der Waals surface area contributed by atoms with E-state index in [0.717, 1.165) is 11.3 Å². The van der Waals surface area contributed by atoms with E-state index in [-0.39, 0.29) is 6.42 Å². The zero-order valence-electron chi connectivity index (χ0n) is 14.3. The molecule has 1 rings (SSSR count). The fraction of sp³-hybridized carbons (Fsp3) is 0.684. The van der Waals surface area contributed by atoms with Crippen LogP contribution in [-0.2, 0) is 11.2 Å². The highest BCUT2D eigenvalue weighted by molar-refractivity contribution is 7.81. The fourth-order valence-corrected chi connectivity index (χ4v) is 3.98. The lowest BCUT2D eigenvalue weighted by atomic mass is 10.1. The van der Waals surface area contributed by atoms with Gasteiger partial charge >= 0.3 is 5.97 Å². The molecule has 4 heteroatoms. The number of carboxylic acid groups (broad SMARTS) is 1. The number of thiophene rings is 1. The fourth-order valence-electron chi connectivity index (χ4n) is 2.67. The summed E-state index contributed by atoms with van der Waals surface area (Å²) in [6, 6.07) is 4.07. The Labute approximate surface area is 150 Å². The van der Waals surface area contributed by atoms with Crippen molar-refractivity contribution in [2.45, 2.75) is 84.0 Å². The Bertz CT molecular complexity index is 466. The van der Waals surface area contributed by atoms with Crippen molar-refractivity contribution >= 4 is 34.4 Å². The van der Waals surface area contributed by atoms with Crippen molar-refractivity contribution in [1.82, 2.24) is 0 Å². The zero-order chi connectivity index (χ0) is 16.9. The molecular weight excluding hydrogens is 324 g/mol. The highest BCUT2D eigenvalue weighted by atomic mass is 32.1. The quantitative estimate of drug-likeness (QED) is 0.238. The van der Waals surface area contributed by atoms with Crippen LogP contribution in [0.25, 0.3) is 0 Å². The molecule has 0 aliphatic carbocycles. The summed E-state index contributed by atoms with van der Waals surface area (Å²) < 4.78 is 0. The van der Waals surface area contributed by atoms with Crippen molar-refractivity contribution in [2.24, 2.45) is 0 Å². The third-order valence-electron chi connectivity index (χ3n) is 4.02. The highest BCUT2D eigenvalue weighted by Crippen LogP contribution is 2.21. The van der Waals surface area contributed by atoms with Gasteiger partial charge in [0.2, 0.25) is 0 Å². The van der Waals surface area contributed by atoms with Crippen LogP contribution in [0.4, 0.5) is 0 Å². The molecule has 0 unspecified atom stereocenters. The van der Waals surface area contributed by atoms with Crippen molar-refractivity contribution < 1.29 is 9.90 Å². The first-order chi connectivity index (χ1) is 11.1. The predicted molar refractivity (Wildman–Crippen MR) is 104 cm³/mol. The predicted octanol–water partition coefficient (Wildman–Crippen LogP) is 6.40. The highest BCUT2D eigenvalue weighted by Gasteiger charge is 2.09. The molecule has 1 aromatic heterocycles. The number of hydrogen-bond donors (Lipinski definition) is 1. The van der Waals surface area contributed by atoms with E-state index in [1.54, 1.807) is 11.3 Å². The topological polar surface area (TPSA) is 37.3 Å². The van der Waals surface area contributed by atoms with Crippen LogP contribution in [-0.4, -0.2) is 15.9 Å². The van der Waals surface area contributed by atoms with E-state index in [0.29, 0.717) is 4.86 Å². The molecule has 0 fully saturated rings. The van der Waals surface area contributed by atoms with E-state index in [4.69, 9.17) is 17.3 Å². The number of rotatable bonds is 14. The summed E-state index contributed by atoms with van der Waals surface area (Å²) in [5.41, 5.74) is 0. The molecule has 0 spiro atoms. The largest absolute Gasteiger partial charge is 0.481 e. The van der Waals surface area contributed by atoms with E-state index >= 15 is 0 Å². The normalized spacial score (nSPS) is 10.8. The van der Waals surface area contributed by atoms with Gasteiger partial charge in [-0.25, -0.2) is 0 Å². The molecule has 1 N–H and O–H groups in total. The molecule has 0 bridgehead atoms. The van der Waals surface area contributed by atoms with Crippen LogP contribution in [0.3, 0.4) is 0 Å². The Morgan fingerprint density at radius 3 is 2.13 bits per heavy atom. The summed E-state index contributed by atoms with van der Waals surface area (Å²) in [5.74, 6) is -0.848. The number of aryl methyl sites for hydroxylation is 1. The number of thiocarbonyl (C=S) groups is 1. The Morgan fingerprint density at radius 2 is 1.57 bits per heavy atom. The van der Waals surface area contributed by atoms with Gasteiger partial charge < -0.3 is 5.11 Å². The van der Waals surface area contributed by atoms with Gasteiger partial charge in [0.15, 0.2) is 0 Å². The van der Waals surface area contributed by atoms with Crippen LogP contribution in [0.15, 0.2) is 12.1 Å². The van der Waals surface area contributed by atoms with E-state index in [2.05, 4.69) is 13.0 Å². The molecule has 0 aliphatic rings. The maximum atomic E-state index is 10.7. The summed E-state index contributed by atoms with van der Waals surface area (Å²) in [5, 5.41) is 8.77. The van der Waals surface area contributed by atoms with Gasteiger partial charge in [-0.2, -0.15) is 0 Å². The van der Waals surface area contributed by atoms with E-state index in [1.807, 2.05) is 6.07 Å². The molecule has 0 radical (unpaired) electrons. The summed E-state index contributed by atoms with van der Waals surface area (Å²) in [6.07, 6.45) is 14.6. The first-order valence-electron chi connectivity index (χ1n) is 8.97. The number of hydrogen-bond acceptors (Lipinski definition) is 3. The Balaban J connectivity index is 2.05. The average Bonchev–Trinajstić information content (AvgIpc) is 2.97. The second kappa shape index (κ2) is 12.7. The summed E-state index contributed by atoms with van der Waals surface area (Å²) >= 11 is 6.82. The second-order valence-corrected chi connectivity index (χ2v) is 7.85. The maximum absolute atomic E-state index is 10.7. The summed E-state index contributed by atoms with van der Waals surface area (Å²) in [7, 11) is 0. The lowest BCUT2D eigenvalue weighted by Crippen LogP contribution is -2.03. The standard InChI is InChI=1S/C19H30O2S2/c1-2-3-4-5-6-7-8-9-10-11-12-16-13-14-18(23-16)17(22)15-19(20)21/h13-14H,2-12,15H2,1H3,(H,20,21). The van der Waals surface area contributed by atoms with Crippen molar-refractivity contribution in [2.75, 3.05) is 0 Å². The van der Waals surface area contributed by atoms with Crippen molar-refractivity contribution in [1.29, 1.82) is 0 Å². The van der Waals surface area contributed by atoms with Crippen molar-refractivity contribution in [3.8, 4) is 0 Å². The maximum Gasteiger partial charge on any atom is 0.308 e. The van der Waals surface area contributed by atoms with Crippen LogP contribution in [0.5, 0.6) is 0 Å². The number of unbranched alkanes of at least 4 members (excludes halogenated alkanes) is 9. The summed E-state index contributed by atoms with van der Waals surface area (Å²) in [6.45, 7) is 2.26. The first-order valence-corrected chi connectivity index (χ1v) is 10.2. The lowest BCUT2D eigenvalue weighted by Gasteiger charge is -2.02. The first kappa shape index (κ1) is 20.3. The van der Waals surface area contributed by atoms with Gasteiger partial charge in [-0.3, -0.25) is 4.79 Å². The minimum atomic E-state index is -0.848.